The van der Waals surface area contributed by atoms with Crippen molar-refractivity contribution < 1.29 is 14.6 Å². The van der Waals surface area contributed by atoms with Gasteiger partial charge in [0.05, 0.1) is 12.5 Å². The van der Waals surface area contributed by atoms with Crippen LogP contribution in [-0.4, -0.2) is 65.3 Å². The Bertz CT molecular complexity index is 609. The molecule has 24 heavy (non-hydrogen) atoms. The first-order valence-electron chi connectivity index (χ1n) is 8.54. The molecule has 2 atom stereocenters. The van der Waals surface area contributed by atoms with Crippen molar-refractivity contribution in [2.24, 2.45) is 11.3 Å². The number of hydrogen-bond acceptors (Lipinski definition) is 6. The van der Waals surface area contributed by atoms with Crippen molar-refractivity contribution >= 4 is 11.8 Å². The smallest absolute Gasteiger partial charge is 0.311 e. The van der Waals surface area contributed by atoms with Crippen LogP contribution in [-0.2, 0) is 4.79 Å². The first kappa shape index (κ1) is 17.0. The average molecular weight is 334 g/mol. The zero-order valence-corrected chi connectivity index (χ0v) is 14.6. The van der Waals surface area contributed by atoms with Crippen LogP contribution in [0.25, 0.3) is 0 Å². The summed E-state index contributed by atoms with van der Waals surface area (Å²) in [4.78, 5) is 25.0. The highest BCUT2D eigenvalue weighted by Gasteiger charge is 2.53. The predicted molar refractivity (Wildman–Crippen MR) is 90.3 cm³/mol. The number of nitrogens with zero attached hydrogens (tertiary/aromatic N) is 4. The molecule has 1 aromatic rings. The third-order valence-electron chi connectivity index (χ3n) is 5.53. The van der Waals surface area contributed by atoms with Gasteiger partial charge in [-0.3, -0.25) is 9.69 Å². The maximum absolute atomic E-state index is 12.1. The largest absolute Gasteiger partial charge is 0.481 e. The van der Waals surface area contributed by atoms with Gasteiger partial charge in [0.1, 0.15) is 12.1 Å². The predicted octanol–water partition coefficient (Wildman–Crippen LogP) is 1.50. The summed E-state index contributed by atoms with van der Waals surface area (Å²) in [5.41, 5.74) is -0.643. The van der Waals surface area contributed by atoms with Gasteiger partial charge in [-0.15, -0.1) is 0 Å². The van der Waals surface area contributed by atoms with Gasteiger partial charge >= 0.3 is 5.97 Å². The molecular formula is C17H26N4O3. The third kappa shape index (κ3) is 2.92. The minimum Gasteiger partial charge on any atom is -0.481 e. The summed E-state index contributed by atoms with van der Waals surface area (Å²) < 4.78 is 5.19. The summed E-state index contributed by atoms with van der Waals surface area (Å²) in [5.74, 6) is 0.786. The van der Waals surface area contributed by atoms with Crippen LogP contribution >= 0.6 is 0 Å². The van der Waals surface area contributed by atoms with E-state index in [0.29, 0.717) is 25.0 Å². The monoisotopic (exact) mass is 334 g/mol. The van der Waals surface area contributed by atoms with Gasteiger partial charge in [-0.2, -0.15) is 0 Å². The number of carbonyl (C=O) groups is 1. The Kier molecular flexibility index (Phi) is 4.62. The SMILES string of the molecule is COc1cc(N2CCC[C@@]3(C(=O)O)CN(C(C)C)C[C@H]3C2)ncn1. The second-order valence-corrected chi connectivity index (χ2v) is 7.15. The van der Waals surface area contributed by atoms with E-state index in [1.54, 1.807) is 7.11 Å². The van der Waals surface area contributed by atoms with Gasteiger partial charge in [0.15, 0.2) is 0 Å². The molecule has 132 valence electrons. The number of ether oxygens (including phenoxy) is 1. The molecule has 0 radical (unpaired) electrons. The molecule has 1 N–H and O–H groups in total. The van der Waals surface area contributed by atoms with Crippen LogP contribution in [0.3, 0.4) is 0 Å². The Balaban J connectivity index is 1.87. The number of methoxy groups -OCH3 is 1. The number of hydrogen-bond donors (Lipinski definition) is 1. The number of rotatable bonds is 4. The summed E-state index contributed by atoms with van der Waals surface area (Å²) in [5, 5.41) is 9.97. The standard InChI is InChI=1S/C17H26N4O3/c1-12(2)21-9-13-8-20(14-7-15(24-3)19-11-18-14)6-4-5-17(13,10-21)16(22)23/h7,11-13H,4-6,8-10H2,1-3H3,(H,22,23)/t13-,17-/m1/s1. The third-order valence-corrected chi connectivity index (χ3v) is 5.53. The molecule has 3 heterocycles. The summed E-state index contributed by atoms with van der Waals surface area (Å²) in [6, 6.07) is 2.18. The Hall–Kier alpha value is -1.89. The van der Waals surface area contributed by atoms with E-state index in [2.05, 4.69) is 33.6 Å². The average Bonchev–Trinajstić information content (AvgIpc) is 2.84. The van der Waals surface area contributed by atoms with Crippen LogP contribution < -0.4 is 9.64 Å². The molecule has 7 heteroatoms. The lowest BCUT2D eigenvalue weighted by Gasteiger charge is -2.30. The van der Waals surface area contributed by atoms with Crippen molar-refractivity contribution in [3.8, 4) is 5.88 Å². The molecule has 0 saturated carbocycles. The molecular weight excluding hydrogens is 308 g/mol. The van der Waals surface area contributed by atoms with Crippen LogP contribution in [0.15, 0.2) is 12.4 Å². The van der Waals surface area contributed by atoms with Gasteiger partial charge in [-0.05, 0) is 26.7 Å². The number of likely N-dealkylation sites (tertiary alicyclic amines) is 1. The Morgan fingerprint density at radius 1 is 1.42 bits per heavy atom. The maximum atomic E-state index is 12.1. The van der Waals surface area contributed by atoms with E-state index in [9.17, 15) is 9.90 Å². The van der Waals surface area contributed by atoms with Crippen molar-refractivity contribution in [1.29, 1.82) is 0 Å². The molecule has 2 saturated heterocycles. The van der Waals surface area contributed by atoms with E-state index in [-0.39, 0.29) is 5.92 Å². The fraction of sp³-hybridized carbons (Fsp3) is 0.706. The van der Waals surface area contributed by atoms with Gasteiger partial charge in [0.2, 0.25) is 5.88 Å². The topological polar surface area (TPSA) is 78.8 Å². The van der Waals surface area contributed by atoms with E-state index in [1.807, 2.05) is 6.07 Å². The highest BCUT2D eigenvalue weighted by Crippen LogP contribution is 2.44. The van der Waals surface area contributed by atoms with Crippen LogP contribution in [0.4, 0.5) is 5.82 Å². The molecule has 0 aromatic carbocycles. The van der Waals surface area contributed by atoms with Crippen LogP contribution in [0.2, 0.25) is 0 Å². The Morgan fingerprint density at radius 2 is 2.21 bits per heavy atom. The van der Waals surface area contributed by atoms with Gasteiger partial charge < -0.3 is 14.7 Å². The lowest BCUT2D eigenvalue weighted by Crippen LogP contribution is -2.41. The summed E-state index contributed by atoms with van der Waals surface area (Å²) >= 11 is 0. The van der Waals surface area contributed by atoms with E-state index >= 15 is 0 Å². The van der Waals surface area contributed by atoms with Crippen molar-refractivity contribution in [3.05, 3.63) is 12.4 Å². The van der Waals surface area contributed by atoms with Crippen molar-refractivity contribution in [2.75, 3.05) is 38.2 Å². The molecule has 3 rings (SSSR count). The molecule has 0 aliphatic carbocycles. The molecule has 0 amide bonds. The normalized spacial score (nSPS) is 27.8. The lowest BCUT2D eigenvalue weighted by molar-refractivity contribution is -0.150. The molecule has 1 aromatic heterocycles. The zero-order valence-electron chi connectivity index (χ0n) is 14.6. The molecule has 0 unspecified atom stereocenters. The lowest BCUT2D eigenvalue weighted by atomic mass is 9.75. The summed E-state index contributed by atoms with van der Waals surface area (Å²) in [6.07, 6.45) is 3.06. The van der Waals surface area contributed by atoms with Gasteiger partial charge in [0.25, 0.3) is 0 Å². The van der Waals surface area contributed by atoms with Crippen molar-refractivity contribution in [1.82, 2.24) is 14.9 Å². The highest BCUT2D eigenvalue weighted by molar-refractivity contribution is 5.76. The molecule has 7 nitrogen and oxygen atoms in total. The second kappa shape index (κ2) is 6.55. The minimum atomic E-state index is -0.655. The minimum absolute atomic E-state index is 0.0980. The van der Waals surface area contributed by atoms with Crippen LogP contribution in [0.1, 0.15) is 26.7 Å². The quantitative estimate of drug-likeness (QED) is 0.894. The number of carboxylic acid groups (broad SMARTS) is 1. The molecule has 0 spiro atoms. The van der Waals surface area contributed by atoms with Crippen molar-refractivity contribution in [2.45, 2.75) is 32.7 Å². The molecule has 0 bridgehead atoms. The summed E-state index contributed by atoms with van der Waals surface area (Å²) in [6.45, 7) is 7.25. The number of carboxylic acids is 1. The number of aromatic nitrogens is 2. The van der Waals surface area contributed by atoms with Gasteiger partial charge in [-0.25, -0.2) is 9.97 Å². The summed E-state index contributed by atoms with van der Waals surface area (Å²) in [7, 11) is 1.58. The first-order chi connectivity index (χ1) is 11.5. The Morgan fingerprint density at radius 3 is 2.88 bits per heavy atom. The fourth-order valence-corrected chi connectivity index (χ4v) is 4.04. The van der Waals surface area contributed by atoms with Gasteiger partial charge in [-0.1, -0.05) is 0 Å². The van der Waals surface area contributed by atoms with Crippen LogP contribution in [0.5, 0.6) is 5.88 Å². The number of fused-ring (bicyclic) bond motifs is 1. The second-order valence-electron chi connectivity index (χ2n) is 7.15. The number of anilines is 1. The highest BCUT2D eigenvalue weighted by atomic mass is 16.5. The fourth-order valence-electron chi connectivity index (χ4n) is 4.04. The van der Waals surface area contributed by atoms with E-state index in [0.717, 1.165) is 31.7 Å². The molecule has 2 aliphatic heterocycles. The zero-order chi connectivity index (χ0) is 17.3. The molecule has 2 fully saturated rings. The van der Waals surface area contributed by atoms with Crippen molar-refractivity contribution in [3.63, 3.8) is 0 Å². The maximum Gasteiger partial charge on any atom is 0.311 e. The Labute approximate surface area is 142 Å². The number of aliphatic carboxylic acids is 1. The molecule has 2 aliphatic rings. The van der Waals surface area contributed by atoms with Crippen LogP contribution in [0, 0.1) is 11.3 Å². The van der Waals surface area contributed by atoms with E-state index in [4.69, 9.17) is 4.74 Å². The van der Waals surface area contributed by atoms with Gasteiger partial charge in [0, 0.05) is 44.2 Å². The van der Waals surface area contributed by atoms with E-state index in [1.165, 1.54) is 6.33 Å². The van der Waals surface area contributed by atoms with E-state index < -0.39 is 11.4 Å². The first-order valence-corrected chi connectivity index (χ1v) is 8.54.